The minimum Gasteiger partial charge on any atom is -0.397 e. The lowest BCUT2D eigenvalue weighted by atomic mass is 10.1. The fourth-order valence-electron chi connectivity index (χ4n) is 2.62. The second-order valence-electron chi connectivity index (χ2n) is 5.23. The molecule has 3 N–H and O–H groups in total. The minimum absolute atomic E-state index is 0.281. The summed E-state index contributed by atoms with van der Waals surface area (Å²) in [5.41, 5.74) is 7.49. The molecule has 0 bridgehead atoms. The molecule has 0 amide bonds. The van der Waals surface area contributed by atoms with Crippen LogP contribution in [0.15, 0.2) is 23.1 Å². The van der Waals surface area contributed by atoms with E-state index in [1.54, 1.807) is 25.1 Å². The van der Waals surface area contributed by atoms with Gasteiger partial charge < -0.3 is 10.6 Å². The predicted molar refractivity (Wildman–Crippen MR) is 82.3 cm³/mol. The maximum absolute atomic E-state index is 12.1. The molecule has 0 saturated carbocycles. The van der Waals surface area contributed by atoms with Crippen LogP contribution in [0.2, 0.25) is 0 Å². The van der Waals surface area contributed by atoms with Gasteiger partial charge in [0.25, 0.3) is 0 Å². The van der Waals surface area contributed by atoms with Crippen LogP contribution in [0.3, 0.4) is 0 Å². The van der Waals surface area contributed by atoms with Gasteiger partial charge in [0.05, 0.1) is 16.3 Å². The monoisotopic (exact) mass is 297 g/mol. The number of rotatable bonds is 5. The van der Waals surface area contributed by atoms with E-state index in [9.17, 15) is 8.42 Å². The number of nitrogens with zero attached hydrogens (tertiary/aromatic N) is 1. The van der Waals surface area contributed by atoms with Gasteiger partial charge in [-0.15, -0.1) is 0 Å². The minimum atomic E-state index is -3.43. The first-order valence-corrected chi connectivity index (χ1v) is 8.60. The molecule has 1 aromatic rings. The van der Waals surface area contributed by atoms with Gasteiger partial charge in [-0.1, -0.05) is 20.3 Å². The molecule has 1 saturated heterocycles. The highest BCUT2D eigenvalue weighted by Gasteiger charge is 2.24. The van der Waals surface area contributed by atoms with Crippen LogP contribution in [-0.2, 0) is 10.0 Å². The summed E-state index contributed by atoms with van der Waals surface area (Å²) in [6, 6.07) is 4.92. The van der Waals surface area contributed by atoms with Crippen molar-refractivity contribution in [2.24, 2.45) is 5.92 Å². The third kappa shape index (κ3) is 3.07. The maximum Gasteiger partial charge on any atom is 0.240 e. The zero-order valence-electron chi connectivity index (χ0n) is 12.1. The van der Waals surface area contributed by atoms with Crippen LogP contribution in [0.4, 0.5) is 11.4 Å². The molecule has 1 heterocycles. The largest absolute Gasteiger partial charge is 0.397 e. The number of nitrogens with one attached hydrogen (secondary N) is 1. The van der Waals surface area contributed by atoms with Gasteiger partial charge in [-0.2, -0.15) is 0 Å². The molecule has 0 aromatic heterocycles. The van der Waals surface area contributed by atoms with Crippen molar-refractivity contribution < 1.29 is 8.42 Å². The molecule has 0 spiro atoms. The number of hydrogen-bond donors (Lipinski definition) is 2. The molecule has 1 atom stereocenters. The van der Waals surface area contributed by atoms with E-state index in [4.69, 9.17) is 5.73 Å². The molecule has 6 heteroatoms. The Kier molecular flexibility index (Phi) is 4.55. The highest BCUT2D eigenvalue weighted by Crippen LogP contribution is 2.31. The lowest BCUT2D eigenvalue weighted by Gasteiger charge is -2.21. The summed E-state index contributed by atoms with van der Waals surface area (Å²) in [6.45, 7) is 6.22. The van der Waals surface area contributed by atoms with Crippen molar-refractivity contribution >= 4 is 21.4 Å². The first-order chi connectivity index (χ1) is 9.47. The Morgan fingerprint density at radius 3 is 2.75 bits per heavy atom. The smallest absolute Gasteiger partial charge is 0.240 e. The zero-order valence-corrected chi connectivity index (χ0v) is 12.9. The summed E-state index contributed by atoms with van der Waals surface area (Å²) in [4.78, 5) is 2.47. The third-order valence-corrected chi connectivity index (χ3v) is 5.39. The average Bonchev–Trinajstić information content (AvgIpc) is 2.87. The third-order valence-electron chi connectivity index (χ3n) is 3.85. The van der Waals surface area contributed by atoms with Crippen molar-refractivity contribution in [1.82, 2.24) is 4.72 Å². The van der Waals surface area contributed by atoms with Gasteiger partial charge >= 0.3 is 0 Å². The van der Waals surface area contributed by atoms with E-state index in [0.29, 0.717) is 18.2 Å². The Morgan fingerprint density at radius 2 is 2.15 bits per heavy atom. The molecule has 1 aliphatic rings. The Hall–Kier alpha value is -1.27. The molecule has 1 aliphatic heterocycles. The Labute approximate surface area is 121 Å². The zero-order chi connectivity index (χ0) is 14.8. The maximum atomic E-state index is 12.1. The fraction of sp³-hybridized carbons (Fsp3) is 0.571. The molecule has 20 heavy (non-hydrogen) atoms. The van der Waals surface area contributed by atoms with Crippen molar-refractivity contribution in [1.29, 1.82) is 0 Å². The molecule has 1 aromatic carbocycles. The SMILES string of the molecule is CCNS(=O)(=O)c1ccc(N)c(N2CCC(CC)C2)c1. The summed E-state index contributed by atoms with van der Waals surface area (Å²) in [6.07, 6.45) is 2.28. The van der Waals surface area contributed by atoms with Crippen LogP contribution < -0.4 is 15.4 Å². The molecule has 0 radical (unpaired) electrons. The van der Waals surface area contributed by atoms with Crippen molar-refractivity contribution in [3.63, 3.8) is 0 Å². The van der Waals surface area contributed by atoms with Crippen LogP contribution in [0.1, 0.15) is 26.7 Å². The standard InChI is InChI=1S/C14H23N3O2S/c1-3-11-7-8-17(10-11)14-9-12(5-6-13(14)15)20(18,19)16-4-2/h5-6,9,11,16H,3-4,7-8,10,15H2,1-2H3. The number of anilines is 2. The Bertz CT molecular complexity index is 572. The predicted octanol–water partition coefficient (Wildman–Crippen LogP) is 1.80. The van der Waals surface area contributed by atoms with Gasteiger partial charge in [0.15, 0.2) is 0 Å². The summed E-state index contributed by atoms with van der Waals surface area (Å²) in [5, 5.41) is 0. The van der Waals surface area contributed by atoms with Crippen molar-refractivity contribution in [3.05, 3.63) is 18.2 Å². The first kappa shape index (κ1) is 15.1. The lowest BCUT2D eigenvalue weighted by Crippen LogP contribution is -2.25. The number of nitrogens with two attached hydrogens (primary N) is 1. The molecule has 0 aliphatic carbocycles. The molecular formula is C14H23N3O2S. The number of hydrogen-bond acceptors (Lipinski definition) is 4. The van der Waals surface area contributed by atoms with E-state index in [1.807, 2.05) is 0 Å². The molecular weight excluding hydrogens is 274 g/mol. The summed E-state index contributed by atoms with van der Waals surface area (Å²) in [7, 11) is -3.43. The molecule has 1 fully saturated rings. The molecule has 2 rings (SSSR count). The highest BCUT2D eigenvalue weighted by molar-refractivity contribution is 7.89. The van der Waals surface area contributed by atoms with Gasteiger partial charge in [0.1, 0.15) is 0 Å². The van der Waals surface area contributed by atoms with Gasteiger partial charge in [-0.05, 0) is 30.5 Å². The van der Waals surface area contributed by atoms with Crippen molar-refractivity contribution in [2.45, 2.75) is 31.6 Å². The Morgan fingerprint density at radius 1 is 1.40 bits per heavy atom. The second kappa shape index (κ2) is 6.01. The van der Waals surface area contributed by atoms with Gasteiger partial charge in [-0.3, -0.25) is 0 Å². The van der Waals surface area contributed by atoms with Crippen LogP contribution in [0.5, 0.6) is 0 Å². The van der Waals surface area contributed by atoms with E-state index < -0.39 is 10.0 Å². The van der Waals surface area contributed by atoms with Crippen LogP contribution in [-0.4, -0.2) is 28.1 Å². The summed E-state index contributed by atoms with van der Waals surface area (Å²) < 4.78 is 26.6. The van der Waals surface area contributed by atoms with E-state index in [1.165, 1.54) is 0 Å². The van der Waals surface area contributed by atoms with Gasteiger partial charge in [0, 0.05) is 19.6 Å². The second-order valence-corrected chi connectivity index (χ2v) is 7.00. The van der Waals surface area contributed by atoms with Crippen LogP contribution >= 0.6 is 0 Å². The highest BCUT2D eigenvalue weighted by atomic mass is 32.2. The summed E-state index contributed by atoms with van der Waals surface area (Å²) in [5.74, 6) is 0.670. The molecule has 112 valence electrons. The van der Waals surface area contributed by atoms with Crippen LogP contribution in [0, 0.1) is 5.92 Å². The number of sulfonamides is 1. The average molecular weight is 297 g/mol. The first-order valence-electron chi connectivity index (χ1n) is 7.12. The number of benzene rings is 1. The normalized spacial score (nSPS) is 19.5. The van der Waals surface area contributed by atoms with Crippen molar-refractivity contribution in [2.75, 3.05) is 30.3 Å². The van der Waals surface area contributed by atoms with E-state index >= 15 is 0 Å². The Balaban J connectivity index is 2.30. The summed E-state index contributed by atoms with van der Waals surface area (Å²) >= 11 is 0. The fourth-order valence-corrected chi connectivity index (χ4v) is 3.68. The molecule has 5 nitrogen and oxygen atoms in total. The van der Waals surface area contributed by atoms with E-state index in [0.717, 1.165) is 31.6 Å². The lowest BCUT2D eigenvalue weighted by molar-refractivity contribution is 0.569. The topological polar surface area (TPSA) is 75.4 Å². The van der Waals surface area contributed by atoms with Crippen LogP contribution in [0.25, 0.3) is 0 Å². The quantitative estimate of drug-likeness (QED) is 0.813. The van der Waals surface area contributed by atoms with E-state index in [2.05, 4.69) is 16.5 Å². The van der Waals surface area contributed by atoms with Crippen molar-refractivity contribution in [3.8, 4) is 0 Å². The molecule has 1 unspecified atom stereocenters. The van der Waals surface area contributed by atoms with Gasteiger partial charge in [0.2, 0.25) is 10.0 Å². The van der Waals surface area contributed by atoms with Gasteiger partial charge in [-0.25, -0.2) is 13.1 Å². The van der Waals surface area contributed by atoms with E-state index in [-0.39, 0.29) is 4.90 Å². The number of nitrogen functional groups attached to an aromatic ring is 1.